The SMILES string of the molecule is O=C1CC[C@H](C(=O)NCC2(C(=O)O)CCCC2)N1. The Morgan fingerprint density at radius 3 is 2.56 bits per heavy atom. The van der Waals surface area contributed by atoms with Crippen LogP contribution >= 0.6 is 0 Å². The largest absolute Gasteiger partial charge is 0.481 e. The molecule has 2 amide bonds. The molecule has 1 aliphatic carbocycles. The average Bonchev–Trinajstić information content (AvgIpc) is 2.95. The molecule has 0 aromatic carbocycles. The number of nitrogens with one attached hydrogen (secondary N) is 2. The monoisotopic (exact) mass is 254 g/mol. The zero-order valence-electron chi connectivity index (χ0n) is 10.2. The van der Waals surface area contributed by atoms with Crippen LogP contribution in [0.4, 0.5) is 0 Å². The Kier molecular flexibility index (Phi) is 3.54. The van der Waals surface area contributed by atoms with Crippen molar-refractivity contribution in [3.63, 3.8) is 0 Å². The van der Waals surface area contributed by atoms with E-state index in [1.54, 1.807) is 0 Å². The number of carbonyl (C=O) groups excluding carboxylic acids is 2. The predicted octanol–water partition coefficient (Wildman–Crippen LogP) is 0.0262. The molecule has 2 fully saturated rings. The molecule has 6 nitrogen and oxygen atoms in total. The zero-order chi connectivity index (χ0) is 13.2. The quantitative estimate of drug-likeness (QED) is 0.659. The van der Waals surface area contributed by atoms with Gasteiger partial charge in [0.1, 0.15) is 6.04 Å². The van der Waals surface area contributed by atoms with Gasteiger partial charge < -0.3 is 15.7 Å². The van der Waals surface area contributed by atoms with Gasteiger partial charge in [0.15, 0.2) is 0 Å². The van der Waals surface area contributed by atoms with Gasteiger partial charge >= 0.3 is 5.97 Å². The predicted molar refractivity (Wildman–Crippen MR) is 62.7 cm³/mol. The molecule has 0 spiro atoms. The molecule has 1 heterocycles. The number of hydrogen-bond acceptors (Lipinski definition) is 3. The van der Waals surface area contributed by atoms with Crippen molar-refractivity contribution in [1.29, 1.82) is 0 Å². The van der Waals surface area contributed by atoms with Crippen LogP contribution in [0.3, 0.4) is 0 Å². The van der Waals surface area contributed by atoms with E-state index in [0.29, 0.717) is 25.7 Å². The van der Waals surface area contributed by atoms with E-state index in [1.165, 1.54) is 0 Å². The lowest BCUT2D eigenvalue weighted by molar-refractivity contribution is -0.148. The summed E-state index contributed by atoms with van der Waals surface area (Å²) in [4.78, 5) is 34.1. The van der Waals surface area contributed by atoms with Crippen molar-refractivity contribution in [3.8, 4) is 0 Å². The maximum absolute atomic E-state index is 11.8. The molecule has 0 radical (unpaired) electrons. The zero-order valence-corrected chi connectivity index (χ0v) is 10.2. The van der Waals surface area contributed by atoms with Crippen molar-refractivity contribution in [2.24, 2.45) is 5.41 Å². The smallest absolute Gasteiger partial charge is 0.311 e. The minimum absolute atomic E-state index is 0.121. The lowest BCUT2D eigenvalue weighted by atomic mass is 9.86. The Morgan fingerprint density at radius 1 is 1.39 bits per heavy atom. The van der Waals surface area contributed by atoms with Gasteiger partial charge in [-0.15, -0.1) is 0 Å². The summed E-state index contributed by atoms with van der Waals surface area (Å²) in [5.74, 6) is -1.23. The maximum atomic E-state index is 11.8. The van der Waals surface area contributed by atoms with Crippen molar-refractivity contribution >= 4 is 17.8 Å². The summed E-state index contributed by atoms with van der Waals surface area (Å²) in [5.41, 5.74) is -0.807. The van der Waals surface area contributed by atoms with Crippen LogP contribution in [-0.2, 0) is 14.4 Å². The fourth-order valence-corrected chi connectivity index (χ4v) is 2.71. The minimum atomic E-state index is -0.837. The second kappa shape index (κ2) is 4.96. The van der Waals surface area contributed by atoms with Gasteiger partial charge in [0, 0.05) is 13.0 Å². The van der Waals surface area contributed by atoms with Gasteiger partial charge in [-0.05, 0) is 19.3 Å². The van der Waals surface area contributed by atoms with E-state index in [9.17, 15) is 19.5 Å². The molecule has 1 saturated carbocycles. The van der Waals surface area contributed by atoms with Gasteiger partial charge in [-0.25, -0.2) is 0 Å². The van der Waals surface area contributed by atoms with Gasteiger partial charge in [0.25, 0.3) is 0 Å². The molecule has 2 rings (SSSR count). The number of rotatable bonds is 4. The molecular weight excluding hydrogens is 236 g/mol. The molecule has 3 N–H and O–H groups in total. The third-order valence-corrected chi connectivity index (χ3v) is 3.93. The Labute approximate surface area is 105 Å². The van der Waals surface area contributed by atoms with E-state index in [1.807, 2.05) is 0 Å². The Balaban J connectivity index is 1.88. The third-order valence-electron chi connectivity index (χ3n) is 3.93. The molecule has 1 saturated heterocycles. The topological polar surface area (TPSA) is 95.5 Å². The molecule has 2 aliphatic rings. The van der Waals surface area contributed by atoms with Crippen molar-refractivity contribution in [1.82, 2.24) is 10.6 Å². The highest BCUT2D eigenvalue weighted by molar-refractivity contribution is 5.91. The fraction of sp³-hybridized carbons (Fsp3) is 0.750. The van der Waals surface area contributed by atoms with Gasteiger partial charge in [-0.1, -0.05) is 12.8 Å². The first kappa shape index (κ1) is 12.9. The molecule has 0 aromatic rings. The summed E-state index contributed by atoms with van der Waals surface area (Å²) < 4.78 is 0. The molecule has 100 valence electrons. The molecule has 18 heavy (non-hydrogen) atoms. The minimum Gasteiger partial charge on any atom is -0.481 e. The van der Waals surface area contributed by atoms with Gasteiger partial charge in [-0.3, -0.25) is 14.4 Å². The van der Waals surface area contributed by atoms with Gasteiger partial charge in [0.05, 0.1) is 5.41 Å². The molecule has 0 aromatic heterocycles. The average molecular weight is 254 g/mol. The van der Waals surface area contributed by atoms with Crippen molar-refractivity contribution < 1.29 is 19.5 Å². The number of aliphatic carboxylic acids is 1. The standard InChI is InChI=1S/C12H18N2O4/c15-9-4-3-8(14-9)10(16)13-7-12(11(17)18)5-1-2-6-12/h8H,1-7H2,(H,13,16)(H,14,15)(H,17,18)/t8-/m1/s1. The lowest BCUT2D eigenvalue weighted by Gasteiger charge is -2.24. The molecule has 0 unspecified atom stereocenters. The third kappa shape index (κ3) is 2.47. The van der Waals surface area contributed by atoms with Crippen LogP contribution in [0.5, 0.6) is 0 Å². The van der Waals surface area contributed by atoms with Crippen LogP contribution < -0.4 is 10.6 Å². The Hall–Kier alpha value is -1.59. The van der Waals surface area contributed by atoms with Gasteiger partial charge in [-0.2, -0.15) is 0 Å². The van der Waals surface area contributed by atoms with Crippen LogP contribution in [-0.4, -0.2) is 35.5 Å². The highest BCUT2D eigenvalue weighted by Crippen LogP contribution is 2.37. The molecule has 0 bridgehead atoms. The first-order valence-electron chi connectivity index (χ1n) is 6.34. The highest BCUT2D eigenvalue weighted by Gasteiger charge is 2.42. The normalized spacial score (nSPS) is 25.8. The number of amides is 2. The summed E-state index contributed by atoms with van der Waals surface area (Å²) in [5, 5.41) is 14.5. The molecule has 1 aliphatic heterocycles. The first-order chi connectivity index (χ1) is 8.53. The number of carboxylic acid groups (broad SMARTS) is 1. The van der Waals surface area contributed by atoms with Crippen LogP contribution in [0.1, 0.15) is 38.5 Å². The van der Waals surface area contributed by atoms with E-state index in [0.717, 1.165) is 12.8 Å². The number of carboxylic acids is 1. The van der Waals surface area contributed by atoms with E-state index in [2.05, 4.69) is 10.6 Å². The second-order valence-electron chi connectivity index (χ2n) is 5.17. The van der Waals surface area contributed by atoms with Crippen molar-refractivity contribution in [2.75, 3.05) is 6.54 Å². The number of carbonyl (C=O) groups is 3. The van der Waals surface area contributed by atoms with E-state index >= 15 is 0 Å². The molecular formula is C12H18N2O4. The number of hydrogen-bond donors (Lipinski definition) is 3. The van der Waals surface area contributed by atoms with Crippen LogP contribution in [0.2, 0.25) is 0 Å². The summed E-state index contributed by atoms with van der Waals surface area (Å²) in [7, 11) is 0. The van der Waals surface area contributed by atoms with Crippen LogP contribution in [0.15, 0.2) is 0 Å². The highest BCUT2D eigenvalue weighted by atomic mass is 16.4. The van der Waals surface area contributed by atoms with Crippen LogP contribution in [0, 0.1) is 5.41 Å². The fourth-order valence-electron chi connectivity index (χ4n) is 2.71. The molecule has 6 heteroatoms. The molecule has 1 atom stereocenters. The van der Waals surface area contributed by atoms with E-state index in [-0.39, 0.29) is 18.4 Å². The van der Waals surface area contributed by atoms with E-state index in [4.69, 9.17) is 0 Å². The van der Waals surface area contributed by atoms with Gasteiger partial charge in [0.2, 0.25) is 11.8 Å². The summed E-state index contributed by atoms with van der Waals surface area (Å²) in [6.45, 7) is 0.160. The summed E-state index contributed by atoms with van der Waals surface area (Å²) in [6, 6.07) is -0.496. The maximum Gasteiger partial charge on any atom is 0.311 e. The van der Waals surface area contributed by atoms with E-state index < -0.39 is 17.4 Å². The van der Waals surface area contributed by atoms with Crippen LogP contribution in [0.25, 0.3) is 0 Å². The lowest BCUT2D eigenvalue weighted by Crippen LogP contribution is -2.47. The Morgan fingerprint density at radius 2 is 2.06 bits per heavy atom. The van der Waals surface area contributed by atoms with Crippen molar-refractivity contribution in [2.45, 2.75) is 44.6 Å². The second-order valence-corrected chi connectivity index (χ2v) is 5.17. The first-order valence-corrected chi connectivity index (χ1v) is 6.34. The van der Waals surface area contributed by atoms with Crippen molar-refractivity contribution in [3.05, 3.63) is 0 Å². The Bertz CT molecular complexity index is 374. The summed E-state index contributed by atoms with van der Waals surface area (Å²) >= 11 is 0. The summed E-state index contributed by atoms with van der Waals surface area (Å²) in [6.07, 6.45) is 3.86.